The molecule has 2 aromatic rings. The lowest BCUT2D eigenvalue weighted by Crippen LogP contribution is -2.58. The second-order valence-corrected chi connectivity index (χ2v) is 9.41. The molecule has 1 aliphatic carbocycles. The molecule has 0 atom stereocenters. The molecule has 1 aliphatic heterocycles. The van der Waals surface area contributed by atoms with Crippen molar-refractivity contribution in [1.29, 1.82) is 0 Å². The van der Waals surface area contributed by atoms with Crippen LogP contribution in [0.3, 0.4) is 0 Å². The minimum absolute atomic E-state index is 0.0653. The quantitative estimate of drug-likeness (QED) is 0.853. The Morgan fingerprint density at radius 3 is 2.57 bits per heavy atom. The fourth-order valence-electron chi connectivity index (χ4n) is 4.93. The molecular weight excluding hydrogens is 372 g/mol. The first-order valence-corrected chi connectivity index (χ1v) is 11.3. The number of carbonyl (C=O) groups excluding carboxylic acids is 1. The van der Waals surface area contributed by atoms with Crippen LogP contribution in [0.2, 0.25) is 0 Å². The lowest BCUT2D eigenvalue weighted by atomic mass is 9.79. The number of hydrogen-bond donors (Lipinski definition) is 1. The largest absolute Gasteiger partial charge is 0.349 e. The molecule has 0 spiro atoms. The van der Waals surface area contributed by atoms with E-state index < -0.39 is 0 Å². The van der Waals surface area contributed by atoms with Gasteiger partial charge >= 0.3 is 0 Å². The van der Waals surface area contributed by atoms with Gasteiger partial charge in [-0.3, -0.25) is 14.5 Å². The van der Waals surface area contributed by atoms with Gasteiger partial charge in [0, 0.05) is 19.1 Å². The minimum Gasteiger partial charge on any atom is -0.349 e. The molecular formula is C21H30N4O2S. The molecule has 2 aliphatic rings. The zero-order chi connectivity index (χ0) is 19.7. The zero-order valence-corrected chi connectivity index (χ0v) is 17.7. The van der Waals surface area contributed by atoms with Crippen LogP contribution in [0, 0.1) is 6.92 Å². The van der Waals surface area contributed by atoms with E-state index in [-0.39, 0.29) is 17.0 Å². The van der Waals surface area contributed by atoms with E-state index in [1.807, 2.05) is 6.92 Å². The third-order valence-electron chi connectivity index (χ3n) is 6.61. The molecule has 2 aromatic heterocycles. The van der Waals surface area contributed by atoms with Crippen molar-refractivity contribution in [2.45, 2.75) is 63.8 Å². The molecule has 2 fully saturated rings. The first-order valence-electron chi connectivity index (χ1n) is 10.5. The van der Waals surface area contributed by atoms with Gasteiger partial charge in [-0.05, 0) is 51.3 Å². The Labute approximate surface area is 169 Å². The number of rotatable bonds is 4. The van der Waals surface area contributed by atoms with Crippen LogP contribution >= 0.6 is 11.3 Å². The maximum Gasteiger partial charge on any atom is 0.262 e. The molecule has 152 valence electrons. The predicted octanol–water partition coefficient (Wildman–Crippen LogP) is 3.22. The van der Waals surface area contributed by atoms with Gasteiger partial charge in [0.25, 0.3) is 11.5 Å². The Morgan fingerprint density at radius 1 is 1.18 bits per heavy atom. The summed E-state index contributed by atoms with van der Waals surface area (Å²) in [5, 5.41) is 3.81. The molecule has 1 amide bonds. The molecule has 4 rings (SSSR count). The van der Waals surface area contributed by atoms with Crippen LogP contribution in [0.1, 0.15) is 66.6 Å². The van der Waals surface area contributed by atoms with Crippen molar-refractivity contribution < 1.29 is 4.79 Å². The van der Waals surface area contributed by atoms with Crippen LogP contribution in [0.5, 0.6) is 0 Å². The van der Waals surface area contributed by atoms with Gasteiger partial charge in [-0.15, -0.1) is 11.3 Å². The van der Waals surface area contributed by atoms with E-state index >= 15 is 0 Å². The number of nitrogens with zero attached hydrogens (tertiary/aromatic N) is 3. The Hall–Kier alpha value is -1.73. The van der Waals surface area contributed by atoms with Gasteiger partial charge in [0.1, 0.15) is 4.83 Å². The van der Waals surface area contributed by atoms with Gasteiger partial charge < -0.3 is 9.88 Å². The molecule has 1 saturated carbocycles. The molecule has 6 nitrogen and oxygen atoms in total. The summed E-state index contributed by atoms with van der Waals surface area (Å²) in [6.07, 6.45) is 11.5. The minimum atomic E-state index is -0.0881. The summed E-state index contributed by atoms with van der Waals surface area (Å²) in [4.78, 5) is 33.7. The van der Waals surface area contributed by atoms with Crippen LogP contribution in [-0.4, -0.2) is 45.5 Å². The number of piperidine rings is 1. The Bertz CT molecular complexity index is 920. The van der Waals surface area contributed by atoms with Crippen molar-refractivity contribution in [3.05, 3.63) is 27.1 Å². The number of amides is 1. The Balaban J connectivity index is 1.55. The van der Waals surface area contributed by atoms with Crippen molar-refractivity contribution in [3.8, 4) is 0 Å². The van der Waals surface area contributed by atoms with E-state index in [1.54, 1.807) is 7.05 Å². The second-order valence-electron chi connectivity index (χ2n) is 8.41. The van der Waals surface area contributed by atoms with Gasteiger partial charge in [0.05, 0.1) is 16.6 Å². The summed E-state index contributed by atoms with van der Waals surface area (Å²) in [5.74, 6) is -0.0653. The van der Waals surface area contributed by atoms with Gasteiger partial charge in [-0.25, -0.2) is 4.98 Å². The van der Waals surface area contributed by atoms with Crippen LogP contribution in [0.15, 0.2) is 11.1 Å². The Morgan fingerprint density at radius 2 is 1.86 bits per heavy atom. The van der Waals surface area contributed by atoms with E-state index in [0.29, 0.717) is 21.6 Å². The van der Waals surface area contributed by atoms with Gasteiger partial charge in [0.15, 0.2) is 0 Å². The smallest absolute Gasteiger partial charge is 0.262 e. The number of aromatic nitrogens is 2. The number of thiophene rings is 1. The number of fused-ring (bicyclic) bond motifs is 1. The lowest BCUT2D eigenvalue weighted by molar-refractivity contribution is 0.0327. The van der Waals surface area contributed by atoms with Crippen LogP contribution in [0.25, 0.3) is 10.2 Å². The lowest BCUT2D eigenvalue weighted by Gasteiger charge is -2.48. The van der Waals surface area contributed by atoms with E-state index in [4.69, 9.17) is 0 Å². The monoisotopic (exact) mass is 402 g/mol. The van der Waals surface area contributed by atoms with Crippen LogP contribution in [0.4, 0.5) is 0 Å². The maximum atomic E-state index is 13.0. The van der Waals surface area contributed by atoms with Crippen molar-refractivity contribution in [3.63, 3.8) is 0 Å². The zero-order valence-electron chi connectivity index (χ0n) is 16.9. The summed E-state index contributed by atoms with van der Waals surface area (Å²) in [6, 6.07) is 0. The van der Waals surface area contributed by atoms with Gasteiger partial charge in [0.2, 0.25) is 0 Å². The highest BCUT2D eigenvalue weighted by atomic mass is 32.1. The fourth-order valence-corrected chi connectivity index (χ4v) is 5.99. The highest BCUT2D eigenvalue weighted by Crippen LogP contribution is 2.35. The molecule has 0 bridgehead atoms. The SMILES string of the molecule is Cc1c(C(=O)NCC2(N3CCCCC3)CCCCC2)sc2ncn(C)c(=O)c12. The van der Waals surface area contributed by atoms with E-state index in [9.17, 15) is 9.59 Å². The summed E-state index contributed by atoms with van der Waals surface area (Å²) in [7, 11) is 1.69. The average molecular weight is 403 g/mol. The third-order valence-corrected chi connectivity index (χ3v) is 7.80. The number of carbonyl (C=O) groups is 1. The van der Waals surface area contributed by atoms with Crippen molar-refractivity contribution >= 4 is 27.5 Å². The molecule has 3 heterocycles. The van der Waals surface area contributed by atoms with Crippen molar-refractivity contribution in [1.82, 2.24) is 19.8 Å². The average Bonchev–Trinajstić information content (AvgIpc) is 3.07. The summed E-state index contributed by atoms with van der Waals surface area (Å²) in [6.45, 7) is 4.86. The third kappa shape index (κ3) is 3.50. The highest BCUT2D eigenvalue weighted by molar-refractivity contribution is 7.20. The molecule has 0 unspecified atom stereocenters. The van der Waals surface area contributed by atoms with Gasteiger partial charge in [-0.1, -0.05) is 25.7 Å². The van der Waals surface area contributed by atoms with Crippen molar-refractivity contribution in [2.24, 2.45) is 7.05 Å². The van der Waals surface area contributed by atoms with E-state index in [2.05, 4.69) is 15.2 Å². The molecule has 0 radical (unpaired) electrons. The Kier molecular flexibility index (Phi) is 5.56. The highest BCUT2D eigenvalue weighted by Gasteiger charge is 2.38. The fraction of sp³-hybridized carbons (Fsp3) is 0.667. The van der Waals surface area contributed by atoms with E-state index in [0.717, 1.165) is 18.7 Å². The molecule has 0 aromatic carbocycles. The maximum absolute atomic E-state index is 13.0. The van der Waals surface area contributed by atoms with Crippen LogP contribution < -0.4 is 10.9 Å². The molecule has 1 saturated heterocycles. The topological polar surface area (TPSA) is 67.2 Å². The number of aryl methyl sites for hydroxylation is 2. The molecule has 1 N–H and O–H groups in total. The summed E-state index contributed by atoms with van der Waals surface area (Å²) in [5.41, 5.74) is 0.768. The summed E-state index contributed by atoms with van der Waals surface area (Å²) < 4.78 is 1.47. The van der Waals surface area contributed by atoms with Crippen LogP contribution in [-0.2, 0) is 7.05 Å². The standard InChI is InChI=1S/C21H30N4O2S/c1-15-16-19(23-14-24(2)20(16)27)28-17(15)18(26)22-13-21(9-5-3-6-10-21)25-11-7-4-8-12-25/h14H,3-13H2,1-2H3,(H,22,26). The predicted molar refractivity (Wildman–Crippen MR) is 113 cm³/mol. The number of likely N-dealkylation sites (tertiary alicyclic amines) is 1. The summed E-state index contributed by atoms with van der Waals surface area (Å²) >= 11 is 1.33. The number of nitrogens with one attached hydrogen (secondary N) is 1. The normalized spacial score (nSPS) is 20.4. The second kappa shape index (κ2) is 7.95. The van der Waals surface area contributed by atoms with Gasteiger partial charge in [-0.2, -0.15) is 0 Å². The number of hydrogen-bond acceptors (Lipinski definition) is 5. The molecule has 28 heavy (non-hydrogen) atoms. The molecule has 7 heteroatoms. The first-order chi connectivity index (χ1) is 13.5. The van der Waals surface area contributed by atoms with E-state index in [1.165, 1.54) is 73.6 Å². The first kappa shape index (κ1) is 19.6. The van der Waals surface area contributed by atoms with Crippen molar-refractivity contribution in [2.75, 3.05) is 19.6 Å².